The SMILES string of the molecule is CC(C)C[C@H](N)C(=O)Nc1ccc(COC(C)C)cc1. The third kappa shape index (κ3) is 6.17. The Morgan fingerprint density at radius 1 is 1.20 bits per heavy atom. The monoisotopic (exact) mass is 278 g/mol. The van der Waals surface area contributed by atoms with Crippen LogP contribution in [0.2, 0.25) is 0 Å². The van der Waals surface area contributed by atoms with E-state index in [-0.39, 0.29) is 12.0 Å². The molecule has 1 atom stereocenters. The number of hydrogen-bond donors (Lipinski definition) is 2. The number of amides is 1. The van der Waals surface area contributed by atoms with Crippen molar-refractivity contribution in [2.75, 3.05) is 5.32 Å². The molecule has 0 aliphatic rings. The van der Waals surface area contributed by atoms with Crippen LogP contribution in [0.15, 0.2) is 24.3 Å². The van der Waals surface area contributed by atoms with Gasteiger partial charge in [-0.1, -0.05) is 26.0 Å². The summed E-state index contributed by atoms with van der Waals surface area (Å²) in [6, 6.07) is 7.19. The molecular formula is C16H26N2O2. The van der Waals surface area contributed by atoms with Crippen LogP contribution in [0.4, 0.5) is 5.69 Å². The summed E-state index contributed by atoms with van der Waals surface area (Å²) in [6.07, 6.45) is 0.898. The van der Waals surface area contributed by atoms with Gasteiger partial charge in [-0.25, -0.2) is 0 Å². The lowest BCUT2D eigenvalue weighted by atomic mass is 10.0. The van der Waals surface area contributed by atoms with Crippen molar-refractivity contribution in [3.05, 3.63) is 29.8 Å². The fourth-order valence-corrected chi connectivity index (χ4v) is 1.80. The first kappa shape index (κ1) is 16.7. The van der Waals surface area contributed by atoms with Gasteiger partial charge >= 0.3 is 0 Å². The van der Waals surface area contributed by atoms with Crippen molar-refractivity contribution in [3.8, 4) is 0 Å². The zero-order chi connectivity index (χ0) is 15.1. The van der Waals surface area contributed by atoms with E-state index >= 15 is 0 Å². The molecule has 0 aliphatic heterocycles. The minimum absolute atomic E-state index is 0.134. The quantitative estimate of drug-likeness (QED) is 0.806. The zero-order valence-electron chi connectivity index (χ0n) is 12.8. The molecule has 4 heteroatoms. The van der Waals surface area contributed by atoms with Gasteiger partial charge in [-0.05, 0) is 43.9 Å². The van der Waals surface area contributed by atoms with Gasteiger partial charge in [0.25, 0.3) is 0 Å². The molecule has 1 aromatic rings. The topological polar surface area (TPSA) is 64.4 Å². The number of hydrogen-bond acceptors (Lipinski definition) is 3. The normalized spacial score (nSPS) is 12.8. The molecule has 0 radical (unpaired) electrons. The first-order chi connectivity index (χ1) is 9.38. The van der Waals surface area contributed by atoms with Crippen LogP contribution in [0.25, 0.3) is 0 Å². The van der Waals surface area contributed by atoms with Crippen molar-refractivity contribution >= 4 is 11.6 Å². The number of carbonyl (C=O) groups is 1. The Balaban J connectivity index is 2.50. The number of nitrogens with two attached hydrogens (primary N) is 1. The Labute approximate surface area is 121 Å². The van der Waals surface area contributed by atoms with E-state index in [1.54, 1.807) is 0 Å². The number of carbonyl (C=O) groups excluding carboxylic acids is 1. The summed E-state index contributed by atoms with van der Waals surface area (Å²) in [7, 11) is 0. The molecule has 0 saturated carbocycles. The smallest absolute Gasteiger partial charge is 0.241 e. The summed E-state index contributed by atoms with van der Waals surface area (Å²) in [4.78, 5) is 11.9. The van der Waals surface area contributed by atoms with Crippen molar-refractivity contribution in [2.45, 2.75) is 52.9 Å². The van der Waals surface area contributed by atoms with Gasteiger partial charge in [0.2, 0.25) is 5.91 Å². The van der Waals surface area contributed by atoms with E-state index in [0.717, 1.165) is 11.3 Å². The molecule has 4 nitrogen and oxygen atoms in total. The molecule has 0 spiro atoms. The summed E-state index contributed by atoms with van der Waals surface area (Å²) in [5.41, 5.74) is 7.70. The van der Waals surface area contributed by atoms with Crippen LogP contribution in [-0.2, 0) is 16.1 Å². The Hall–Kier alpha value is -1.39. The molecule has 1 aromatic carbocycles. The third-order valence-electron chi connectivity index (χ3n) is 2.87. The molecule has 20 heavy (non-hydrogen) atoms. The average Bonchev–Trinajstić information content (AvgIpc) is 2.37. The second kappa shape index (κ2) is 8.02. The number of nitrogens with one attached hydrogen (secondary N) is 1. The first-order valence-corrected chi connectivity index (χ1v) is 7.15. The van der Waals surface area contributed by atoms with Crippen molar-refractivity contribution in [1.29, 1.82) is 0 Å². The summed E-state index contributed by atoms with van der Waals surface area (Å²) < 4.78 is 5.52. The number of benzene rings is 1. The standard InChI is InChI=1S/C16H26N2O2/c1-11(2)9-15(17)16(19)18-14-7-5-13(6-8-14)10-20-12(3)4/h5-8,11-12,15H,9-10,17H2,1-4H3,(H,18,19)/t15-/m0/s1. The van der Waals surface area contributed by atoms with Crippen LogP contribution in [0.1, 0.15) is 39.7 Å². The van der Waals surface area contributed by atoms with Crippen LogP contribution >= 0.6 is 0 Å². The minimum Gasteiger partial charge on any atom is -0.374 e. The molecule has 0 fully saturated rings. The van der Waals surface area contributed by atoms with Gasteiger partial charge in [-0.3, -0.25) is 4.79 Å². The molecule has 0 aromatic heterocycles. The van der Waals surface area contributed by atoms with Crippen LogP contribution in [0.3, 0.4) is 0 Å². The Morgan fingerprint density at radius 2 is 1.80 bits per heavy atom. The van der Waals surface area contributed by atoms with Crippen LogP contribution in [-0.4, -0.2) is 18.1 Å². The van der Waals surface area contributed by atoms with Crippen LogP contribution < -0.4 is 11.1 Å². The van der Waals surface area contributed by atoms with Gasteiger partial charge in [0.05, 0.1) is 18.8 Å². The molecule has 112 valence electrons. The van der Waals surface area contributed by atoms with E-state index in [4.69, 9.17) is 10.5 Å². The van der Waals surface area contributed by atoms with Gasteiger partial charge in [-0.15, -0.1) is 0 Å². The number of rotatable bonds is 7. The maximum Gasteiger partial charge on any atom is 0.241 e. The molecule has 0 heterocycles. The van der Waals surface area contributed by atoms with E-state index in [2.05, 4.69) is 19.2 Å². The number of anilines is 1. The molecule has 1 rings (SSSR count). The molecule has 0 saturated heterocycles. The first-order valence-electron chi connectivity index (χ1n) is 7.15. The summed E-state index contributed by atoms with van der Waals surface area (Å²) in [5, 5.41) is 2.83. The van der Waals surface area contributed by atoms with E-state index in [1.807, 2.05) is 38.1 Å². The predicted octanol–water partition coefficient (Wildman–Crippen LogP) is 2.92. The van der Waals surface area contributed by atoms with E-state index in [0.29, 0.717) is 18.9 Å². The fourth-order valence-electron chi connectivity index (χ4n) is 1.80. The largest absolute Gasteiger partial charge is 0.374 e. The Morgan fingerprint density at radius 3 is 2.30 bits per heavy atom. The van der Waals surface area contributed by atoms with E-state index < -0.39 is 6.04 Å². The molecule has 0 unspecified atom stereocenters. The average molecular weight is 278 g/mol. The fraction of sp³-hybridized carbons (Fsp3) is 0.562. The lowest BCUT2D eigenvalue weighted by Crippen LogP contribution is -2.36. The zero-order valence-corrected chi connectivity index (χ0v) is 12.8. The van der Waals surface area contributed by atoms with Gasteiger partial charge in [0.1, 0.15) is 0 Å². The summed E-state index contributed by atoms with van der Waals surface area (Å²) >= 11 is 0. The molecule has 1 amide bonds. The lowest BCUT2D eigenvalue weighted by molar-refractivity contribution is -0.117. The maximum absolute atomic E-state index is 11.9. The second-order valence-electron chi connectivity index (χ2n) is 5.78. The van der Waals surface area contributed by atoms with E-state index in [1.165, 1.54) is 0 Å². The van der Waals surface area contributed by atoms with Gasteiger partial charge in [0.15, 0.2) is 0 Å². The van der Waals surface area contributed by atoms with Crippen molar-refractivity contribution in [3.63, 3.8) is 0 Å². The van der Waals surface area contributed by atoms with Gasteiger partial charge < -0.3 is 15.8 Å². The Bertz CT molecular complexity index is 413. The third-order valence-corrected chi connectivity index (χ3v) is 2.87. The molecule has 3 N–H and O–H groups in total. The summed E-state index contributed by atoms with van der Waals surface area (Å²) in [5.74, 6) is 0.274. The highest BCUT2D eigenvalue weighted by Gasteiger charge is 2.14. The van der Waals surface area contributed by atoms with Crippen LogP contribution in [0, 0.1) is 5.92 Å². The van der Waals surface area contributed by atoms with Gasteiger partial charge in [0, 0.05) is 5.69 Å². The van der Waals surface area contributed by atoms with Crippen molar-refractivity contribution in [2.24, 2.45) is 11.7 Å². The maximum atomic E-state index is 11.9. The second-order valence-corrected chi connectivity index (χ2v) is 5.78. The predicted molar refractivity (Wildman–Crippen MR) is 82.4 cm³/mol. The molecule has 0 bridgehead atoms. The Kier molecular flexibility index (Phi) is 6.68. The number of ether oxygens (including phenoxy) is 1. The minimum atomic E-state index is -0.459. The summed E-state index contributed by atoms with van der Waals surface area (Å²) in [6.45, 7) is 8.70. The highest BCUT2D eigenvalue weighted by molar-refractivity contribution is 5.94. The highest BCUT2D eigenvalue weighted by atomic mass is 16.5. The van der Waals surface area contributed by atoms with Gasteiger partial charge in [-0.2, -0.15) is 0 Å². The van der Waals surface area contributed by atoms with Crippen LogP contribution in [0.5, 0.6) is 0 Å². The van der Waals surface area contributed by atoms with E-state index in [9.17, 15) is 4.79 Å². The molecular weight excluding hydrogens is 252 g/mol. The van der Waals surface area contributed by atoms with Crippen molar-refractivity contribution in [1.82, 2.24) is 0 Å². The highest BCUT2D eigenvalue weighted by Crippen LogP contribution is 2.12. The lowest BCUT2D eigenvalue weighted by Gasteiger charge is -2.14. The molecule has 0 aliphatic carbocycles. The van der Waals surface area contributed by atoms with Crippen molar-refractivity contribution < 1.29 is 9.53 Å².